The number of oxime groups is 1. The van der Waals surface area contributed by atoms with E-state index in [9.17, 15) is 22.8 Å². The third kappa shape index (κ3) is 5.78. The number of halogens is 4. The zero-order valence-electron chi connectivity index (χ0n) is 18.8. The van der Waals surface area contributed by atoms with Gasteiger partial charge in [-0.15, -0.1) is 0 Å². The molecular formula is C24H20ClF3N4O3. The van der Waals surface area contributed by atoms with E-state index in [0.29, 0.717) is 11.1 Å². The third-order valence-electron chi connectivity index (χ3n) is 4.98. The maximum Gasteiger partial charge on any atom is 0.416 e. The van der Waals surface area contributed by atoms with Crippen molar-refractivity contribution in [3.05, 3.63) is 81.5 Å². The number of pyridine rings is 1. The van der Waals surface area contributed by atoms with Crippen molar-refractivity contribution in [1.82, 2.24) is 10.3 Å². The Kier molecular flexibility index (Phi) is 7.75. The van der Waals surface area contributed by atoms with Gasteiger partial charge in [-0.3, -0.25) is 14.6 Å². The molecular weight excluding hydrogens is 485 g/mol. The summed E-state index contributed by atoms with van der Waals surface area (Å²) in [7, 11) is 2.79. The van der Waals surface area contributed by atoms with E-state index in [-0.39, 0.29) is 33.1 Å². The minimum atomic E-state index is -4.65. The predicted octanol–water partition coefficient (Wildman–Crippen LogP) is 5.32. The molecule has 35 heavy (non-hydrogen) atoms. The van der Waals surface area contributed by atoms with Gasteiger partial charge >= 0.3 is 6.18 Å². The largest absolute Gasteiger partial charge is 0.416 e. The highest BCUT2D eigenvalue weighted by molar-refractivity contribution is 6.33. The summed E-state index contributed by atoms with van der Waals surface area (Å²) in [6, 6.07) is 8.80. The molecule has 7 nitrogen and oxygen atoms in total. The summed E-state index contributed by atoms with van der Waals surface area (Å²) >= 11 is 6.18. The Hall–Kier alpha value is -3.92. The predicted molar refractivity (Wildman–Crippen MR) is 127 cm³/mol. The van der Waals surface area contributed by atoms with Crippen LogP contribution in [0.15, 0.2) is 53.8 Å². The summed E-state index contributed by atoms with van der Waals surface area (Å²) in [5.41, 5.74) is 0.203. The van der Waals surface area contributed by atoms with Crippen LogP contribution in [0.5, 0.6) is 0 Å². The molecule has 0 aliphatic rings. The van der Waals surface area contributed by atoms with Crippen LogP contribution in [0.3, 0.4) is 0 Å². The average Bonchev–Trinajstić information content (AvgIpc) is 2.82. The molecule has 0 radical (unpaired) electrons. The van der Waals surface area contributed by atoms with Crippen LogP contribution in [-0.2, 0) is 11.0 Å². The summed E-state index contributed by atoms with van der Waals surface area (Å²) in [4.78, 5) is 34.6. The summed E-state index contributed by atoms with van der Waals surface area (Å²) in [6.45, 7) is 1.66. The molecule has 0 bridgehead atoms. The molecule has 0 spiro atoms. The molecule has 1 aromatic heterocycles. The third-order valence-corrected chi connectivity index (χ3v) is 5.29. The Morgan fingerprint density at radius 3 is 2.49 bits per heavy atom. The van der Waals surface area contributed by atoms with E-state index in [2.05, 4.69) is 25.6 Å². The Morgan fingerprint density at radius 2 is 1.86 bits per heavy atom. The number of anilines is 1. The number of amides is 2. The molecule has 2 aromatic carbocycles. The van der Waals surface area contributed by atoms with Crippen LogP contribution in [0.25, 0.3) is 11.3 Å². The van der Waals surface area contributed by atoms with Crippen LogP contribution in [0, 0.1) is 6.92 Å². The minimum absolute atomic E-state index is 0.0137. The lowest BCUT2D eigenvalue weighted by atomic mass is 9.98. The molecule has 0 saturated carbocycles. The molecule has 0 aliphatic carbocycles. The van der Waals surface area contributed by atoms with Gasteiger partial charge in [0.2, 0.25) is 0 Å². The first-order valence-corrected chi connectivity index (χ1v) is 10.5. The minimum Gasteiger partial charge on any atom is -0.399 e. The number of hydrogen-bond donors (Lipinski definition) is 2. The average molecular weight is 505 g/mol. The number of hydrogen-bond acceptors (Lipinski definition) is 5. The number of aryl methyl sites for hydroxylation is 1. The van der Waals surface area contributed by atoms with E-state index in [4.69, 9.17) is 11.6 Å². The van der Waals surface area contributed by atoms with Crippen molar-refractivity contribution >= 4 is 35.3 Å². The van der Waals surface area contributed by atoms with E-state index in [0.717, 1.165) is 18.2 Å². The topological polar surface area (TPSA) is 92.7 Å². The van der Waals surface area contributed by atoms with Gasteiger partial charge in [0.25, 0.3) is 11.8 Å². The number of aromatic nitrogens is 1. The van der Waals surface area contributed by atoms with Gasteiger partial charge in [0.05, 0.1) is 33.7 Å². The van der Waals surface area contributed by atoms with Crippen LogP contribution < -0.4 is 10.6 Å². The Morgan fingerprint density at radius 1 is 1.11 bits per heavy atom. The number of alkyl halides is 3. The van der Waals surface area contributed by atoms with E-state index < -0.39 is 23.6 Å². The Balaban J connectivity index is 2.13. The van der Waals surface area contributed by atoms with Crippen molar-refractivity contribution in [1.29, 1.82) is 0 Å². The highest BCUT2D eigenvalue weighted by Gasteiger charge is 2.32. The fourth-order valence-corrected chi connectivity index (χ4v) is 3.59. The Bertz CT molecular complexity index is 1310. The lowest BCUT2D eigenvalue weighted by Gasteiger charge is -2.17. The molecule has 3 rings (SSSR count). The lowest BCUT2D eigenvalue weighted by molar-refractivity contribution is -0.137. The molecule has 3 aromatic rings. The van der Waals surface area contributed by atoms with Gasteiger partial charge < -0.3 is 15.5 Å². The SMILES string of the molecule is CNC(=O)c1cc(/C=N/OC)cc(C)c1NC(=O)c1ccc(C(F)(F)F)cc1-c1ncccc1Cl. The van der Waals surface area contributed by atoms with Crippen molar-refractivity contribution in [2.75, 3.05) is 19.5 Å². The first-order valence-electron chi connectivity index (χ1n) is 10.1. The van der Waals surface area contributed by atoms with Crippen LogP contribution in [0.2, 0.25) is 5.02 Å². The van der Waals surface area contributed by atoms with Gasteiger partial charge in [-0.25, -0.2) is 0 Å². The van der Waals surface area contributed by atoms with Gasteiger partial charge in [-0.05, 0) is 60.5 Å². The molecule has 0 unspecified atom stereocenters. The molecule has 11 heteroatoms. The number of carbonyl (C=O) groups excluding carboxylic acids is 2. The second-order valence-corrected chi connectivity index (χ2v) is 7.71. The molecule has 0 saturated heterocycles. The summed E-state index contributed by atoms with van der Waals surface area (Å²) in [6.07, 6.45) is -1.90. The van der Waals surface area contributed by atoms with Crippen LogP contribution >= 0.6 is 11.6 Å². The Labute approximate surface area is 204 Å². The number of benzene rings is 2. The van der Waals surface area contributed by atoms with Crippen molar-refractivity contribution in [3.63, 3.8) is 0 Å². The summed E-state index contributed by atoms with van der Waals surface area (Å²) in [5.74, 6) is -1.24. The molecule has 182 valence electrons. The first kappa shape index (κ1) is 25.7. The number of carbonyl (C=O) groups is 2. The van der Waals surface area contributed by atoms with Gasteiger partial charge in [0, 0.05) is 24.4 Å². The van der Waals surface area contributed by atoms with E-state index in [1.54, 1.807) is 13.0 Å². The zero-order chi connectivity index (χ0) is 25.8. The molecule has 2 N–H and O–H groups in total. The van der Waals surface area contributed by atoms with E-state index in [1.165, 1.54) is 44.8 Å². The maximum absolute atomic E-state index is 13.4. The fourth-order valence-electron chi connectivity index (χ4n) is 3.36. The summed E-state index contributed by atoms with van der Waals surface area (Å²) < 4.78 is 40.2. The van der Waals surface area contributed by atoms with Crippen molar-refractivity contribution < 1.29 is 27.6 Å². The highest BCUT2D eigenvalue weighted by atomic mass is 35.5. The van der Waals surface area contributed by atoms with Crippen molar-refractivity contribution in [2.24, 2.45) is 5.16 Å². The van der Waals surface area contributed by atoms with E-state index >= 15 is 0 Å². The normalized spacial score (nSPS) is 11.4. The number of nitrogens with zero attached hydrogens (tertiary/aromatic N) is 2. The zero-order valence-corrected chi connectivity index (χ0v) is 19.6. The van der Waals surface area contributed by atoms with Gasteiger partial charge in [-0.2, -0.15) is 13.2 Å². The van der Waals surface area contributed by atoms with Gasteiger partial charge in [0.1, 0.15) is 7.11 Å². The quantitative estimate of drug-likeness (QED) is 0.351. The second-order valence-electron chi connectivity index (χ2n) is 7.30. The second kappa shape index (κ2) is 10.6. The maximum atomic E-state index is 13.4. The van der Waals surface area contributed by atoms with Gasteiger partial charge in [-0.1, -0.05) is 16.8 Å². The van der Waals surface area contributed by atoms with Crippen LogP contribution in [0.1, 0.15) is 37.4 Å². The molecule has 1 heterocycles. The fraction of sp³-hybridized carbons (Fsp3) is 0.167. The summed E-state index contributed by atoms with van der Waals surface area (Å²) in [5, 5.41) is 8.90. The molecule has 0 aliphatic heterocycles. The molecule has 2 amide bonds. The van der Waals surface area contributed by atoms with Crippen LogP contribution in [0.4, 0.5) is 18.9 Å². The smallest absolute Gasteiger partial charge is 0.399 e. The van der Waals surface area contributed by atoms with Crippen molar-refractivity contribution in [3.8, 4) is 11.3 Å². The number of rotatable bonds is 6. The van der Waals surface area contributed by atoms with Crippen LogP contribution in [-0.4, -0.2) is 37.2 Å². The van der Waals surface area contributed by atoms with E-state index in [1.807, 2.05) is 0 Å². The van der Waals surface area contributed by atoms with Crippen molar-refractivity contribution in [2.45, 2.75) is 13.1 Å². The monoisotopic (exact) mass is 504 g/mol. The highest BCUT2D eigenvalue weighted by Crippen LogP contribution is 2.36. The number of nitrogens with one attached hydrogen (secondary N) is 2. The molecule has 0 fully saturated rings. The van der Waals surface area contributed by atoms with Gasteiger partial charge in [0.15, 0.2) is 0 Å². The standard InChI is InChI=1S/C24H20ClF3N4O3/c1-13-9-14(12-31-35-3)10-18(22(33)29-2)20(13)32-23(34)16-7-6-15(24(26,27)28)11-17(16)21-19(25)5-4-8-30-21/h4-12H,1-3H3,(H,29,33)(H,32,34)/b31-12+. The molecule has 0 atom stereocenters. The lowest BCUT2D eigenvalue weighted by Crippen LogP contribution is -2.23. The first-order chi connectivity index (χ1) is 16.6.